The highest BCUT2D eigenvalue weighted by Crippen LogP contribution is 2.33. The zero-order valence-electron chi connectivity index (χ0n) is 20.0. The Hall–Kier alpha value is -2.24. The van der Waals surface area contributed by atoms with Crippen LogP contribution in [-0.4, -0.2) is 44.4 Å². The number of carbonyl (C=O) groups excluding carboxylic acids is 2. The number of benzene rings is 2. The van der Waals surface area contributed by atoms with Gasteiger partial charge >= 0.3 is 0 Å². The van der Waals surface area contributed by atoms with E-state index in [2.05, 4.69) is 38.4 Å². The molecule has 0 radical (unpaired) electrons. The van der Waals surface area contributed by atoms with Crippen LogP contribution in [0.1, 0.15) is 32.8 Å². The Labute approximate surface area is 228 Å². The smallest absolute Gasteiger partial charge is 0.262 e. The summed E-state index contributed by atoms with van der Waals surface area (Å²) < 4.78 is 17.1. The third-order valence-corrected chi connectivity index (χ3v) is 6.08. The third-order valence-electron chi connectivity index (χ3n) is 4.75. The molecule has 2 aromatic rings. The largest absolute Gasteiger partial charge is 0.493 e. The minimum atomic E-state index is -0.895. The van der Waals surface area contributed by atoms with Crippen molar-refractivity contribution in [2.24, 2.45) is 11.0 Å². The highest BCUT2D eigenvalue weighted by atomic mass is 127. The number of nitrogens with one attached hydrogen (secondary N) is 2. The molecule has 0 aromatic heterocycles. The molecular weight excluding hydrogens is 608 g/mol. The third kappa shape index (κ3) is 8.73. The molecular formula is C24H28Cl2IN3O5. The lowest BCUT2D eigenvalue weighted by Crippen LogP contribution is -2.49. The van der Waals surface area contributed by atoms with Crippen molar-refractivity contribution >= 4 is 63.8 Å². The summed E-state index contributed by atoms with van der Waals surface area (Å²) in [5.41, 5.74) is 3.20. The number of hydrazone groups is 1. The molecule has 2 rings (SSSR count). The Balaban J connectivity index is 2.06. The van der Waals surface area contributed by atoms with Gasteiger partial charge < -0.3 is 19.5 Å². The topological polar surface area (TPSA) is 98.2 Å². The van der Waals surface area contributed by atoms with Crippen LogP contribution in [0.5, 0.6) is 17.2 Å². The van der Waals surface area contributed by atoms with Crippen molar-refractivity contribution in [2.75, 3.05) is 14.2 Å². The van der Waals surface area contributed by atoms with E-state index >= 15 is 0 Å². The molecule has 0 fully saturated rings. The van der Waals surface area contributed by atoms with Crippen LogP contribution < -0.4 is 25.0 Å². The van der Waals surface area contributed by atoms with Gasteiger partial charge in [-0.25, -0.2) is 5.43 Å². The maximum atomic E-state index is 12.8. The minimum Gasteiger partial charge on any atom is -0.493 e. The fourth-order valence-corrected chi connectivity index (χ4v) is 4.37. The summed E-state index contributed by atoms with van der Waals surface area (Å²) in [6.07, 6.45) is 1.01. The van der Waals surface area contributed by atoms with Crippen LogP contribution in [0.4, 0.5) is 0 Å². The Morgan fingerprint density at radius 3 is 2.37 bits per heavy atom. The number of halogens is 3. The molecule has 0 aliphatic carbocycles. The zero-order valence-corrected chi connectivity index (χ0v) is 23.7. The molecule has 2 aromatic carbocycles. The maximum absolute atomic E-state index is 12.8. The summed E-state index contributed by atoms with van der Waals surface area (Å²) in [5, 5.41) is 7.52. The molecule has 0 spiro atoms. The van der Waals surface area contributed by atoms with E-state index in [4.69, 9.17) is 37.4 Å². The van der Waals surface area contributed by atoms with Crippen LogP contribution in [0.3, 0.4) is 0 Å². The van der Waals surface area contributed by atoms with Gasteiger partial charge in [0.05, 0.1) is 29.0 Å². The van der Waals surface area contributed by atoms with Crippen LogP contribution in [0, 0.1) is 9.49 Å². The van der Waals surface area contributed by atoms with E-state index in [1.807, 2.05) is 19.9 Å². The van der Waals surface area contributed by atoms with Gasteiger partial charge in [0, 0.05) is 5.02 Å². The summed E-state index contributed by atoms with van der Waals surface area (Å²) in [7, 11) is 3.11. The standard InChI is InChI=1S/C24H28Cl2IN3O5/c1-13(2)8-19(29-23(31)14(3)35-20-7-6-16(25)11-17(20)26)24(32)30-28-12-15-9-18(27)22(34-5)21(10-15)33-4/h6-7,9-14,19H,8H2,1-5H3,(H,29,31)(H,30,32)/b28-12-/t14-,19+/m1/s1. The van der Waals surface area contributed by atoms with Crippen LogP contribution in [-0.2, 0) is 9.59 Å². The number of amides is 2. The number of ether oxygens (including phenoxy) is 3. The molecule has 2 atom stereocenters. The summed E-state index contributed by atoms with van der Waals surface area (Å²) in [4.78, 5) is 25.5. The van der Waals surface area contributed by atoms with E-state index in [1.54, 1.807) is 39.3 Å². The number of rotatable bonds is 11. The average molecular weight is 636 g/mol. The molecule has 11 heteroatoms. The lowest BCUT2D eigenvalue weighted by atomic mass is 10.0. The summed E-state index contributed by atoms with van der Waals surface area (Å²) in [6.45, 7) is 5.48. The van der Waals surface area contributed by atoms with Gasteiger partial charge in [0.2, 0.25) is 0 Å². The molecule has 35 heavy (non-hydrogen) atoms. The average Bonchev–Trinajstić information content (AvgIpc) is 2.79. The first-order valence-corrected chi connectivity index (χ1v) is 12.6. The second-order valence-electron chi connectivity index (χ2n) is 8.00. The fourth-order valence-electron chi connectivity index (χ4n) is 3.07. The van der Waals surface area contributed by atoms with Crippen molar-refractivity contribution in [1.29, 1.82) is 0 Å². The number of nitrogens with zero attached hydrogens (tertiary/aromatic N) is 1. The number of hydrogen-bond acceptors (Lipinski definition) is 6. The predicted octanol–water partition coefficient (Wildman–Crippen LogP) is 5.06. The van der Waals surface area contributed by atoms with Gasteiger partial charge in [0.25, 0.3) is 11.8 Å². The number of methoxy groups -OCH3 is 2. The van der Waals surface area contributed by atoms with Gasteiger partial charge in [0.15, 0.2) is 17.6 Å². The van der Waals surface area contributed by atoms with Crippen molar-refractivity contribution in [3.8, 4) is 17.2 Å². The van der Waals surface area contributed by atoms with Gasteiger partial charge in [-0.2, -0.15) is 5.10 Å². The van der Waals surface area contributed by atoms with Gasteiger partial charge in [0.1, 0.15) is 11.8 Å². The molecule has 190 valence electrons. The van der Waals surface area contributed by atoms with E-state index in [9.17, 15) is 9.59 Å². The zero-order chi connectivity index (χ0) is 26.1. The van der Waals surface area contributed by atoms with Gasteiger partial charge in [-0.05, 0) is 77.7 Å². The Bertz CT molecular complexity index is 1080. The van der Waals surface area contributed by atoms with Crippen molar-refractivity contribution in [1.82, 2.24) is 10.7 Å². The molecule has 2 amide bonds. The molecule has 0 heterocycles. The monoisotopic (exact) mass is 635 g/mol. The Morgan fingerprint density at radius 1 is 1.06 bits per heavy atom. The molecule has 0 unspecified atom stereocenters. The van der Waals surface area contributed by atoms with Gasteiger partial charge in [-0.3, -0.25) is 9.59 Å². The Morgan fingerprint density at radius 2 is 1.77 bits per heavy atom. The lowest BCUT2D eigenvalue weighted by molar-refractivity contribution is -0.132. The second kappa shape index (κ2) is 13.7. The fraction of sp³-hybridized carbons (Fsp3) is 0.375. The van der Waals surface area contributed by atoms with Crippen molar-refractivity contribution in [2.45, 2.75) is 39.3 Å². The van der Waals surface area contributed by atoms with Gasteiger partial charge in [-0.1, -0.05) is 37.0 Å². The van der Waals surface area contributed by atoms with Crippen LogP contribution in [0.25, 0.3) is 0 Å². The molecule has 0 aliphatic heterocycles. The van der Waals surface area contributed by atoms with Crippen molar-refractivity contribution in [3.05, 3.63) is 49.5 Å². The van der Waals surface area contributed by atoms with Crippen LogP contribution in [0.15, 0.2) is 35.4 Å². The maximum Gasteiger partial charge on any atom is 0.262 e. The van der Waals surface area contributed by atoms with Crippen molar-refractivity contribution < 1.29 is 23.8 Å². The normalized spacial score (nSPS) is 12.8. The molecule has 0 saturated heterocycles. The van der Waals surface area contributed by atoms with E-state index in [1.165, 1.54) is 12.3 Å². The Kier molecular flexibility index (Phi) is 11.4. The summed E-state index contributed by atoms with van der Waals surface area (Å²) in [5.74, 6) is 0.713. The molecule has 2 N–H and O–H groups in total. The highest BCUT2D eigenvalue weighted by Gasteiger charge is 2.25. The number of hydrogen-bond donors (Lipinski definition) is 2. The predicted molar refractivity (Wildman–Crippen MR) is 146 cm³/mol. The van der Waals surface area contributed by atoms with E-state index in [0.29, 0.717) is 34.3 Å². The van der Waals surface area contributed by atoms with E-state index in [-0.39, 0.29) is 10.9 Å². The minimum absolute atomic E-state index is 0.143. The number of carbonyl (C=O) groups is 2. The molecule has 0 saturated carbocycles. The first-order valence-electron chi connectivity index (χ1n) is 10.7. The molecule has 0 bridgehead atoms. The first-order chi connectivity index (χ1) is 16.5. The first kappa shape index (κ1) is 29.0. The van der Waals surface area contributed by atoms with E-state index < -0.39 is 24.0 Å². The second-order valence-corrected chi connectivity index (χ2v) is 10.0. The van der Waals surface area contributed by atoms with Crippen molar-refractivity contribution in [3.63, 3.8) is 0 Å². The summed E-state index contributed by atoms with van der Waals surface area (Å²) in [6, 6.07) is 7.49. The van der Waals surface area contributed by atoms with Crippen LogP contribution in [0.2, 0.25) is 10.0 Å². The summed E-state index contributed by atoms with van der Waals surface area (Å²) >= 11 is 14.1. The SMILES string of the molecule is COc1cc(/C=N\NC(=O)[C@H](CC(C)C)NC(=O)[C@@H](C)Oc2ccc(Cl)cc2Cl)cc(I)c1OC. The van der Waals surface area contributed by atoms with Crippen LogP contribution >= 0.6 is 45.8 Å². The highest BCUT2D eigenvalue weighted by molar-refractivity contribution is 14.1. The van der Waals surface area contributed by atoms with Gasteiger partial charge in [-0.15, -0.1) is 0 Å². The van der Waals surface area contributed by atoms with E-state index in [0.717, 1.165) is 3.57 Å². The molecule has 8 nitrogen and oxygen atoms in total. The quantitative estimate of drug-likeness (QED) is 0.204. The molecule has 0 aliphatic rings. The lowest BCUT2D eigenvalue weighted by Gasteiger charge is -2.22.